The van der Waals surface area contributed by atoms with Crippen molar-refractivity contribution >= 4 is 71.4 Å². The zero-order chi connectivity index (χ0) is 30.4. The topological polar surface area (TPSA) is 59.8 Å². The largest absolute Gasteiger partial charge is 0.512 e. The van der Waals surface area contributed by atoms with Crippen molar-refractivity contribution in [1.82, 2.24) is 14.5 Å². The van der Waals surface area contributed by atoms with E-state index in [9.17, 15) is 0 Å². The Kier molecular flexibility index (Phi) is 6.21. The normalized spacial score (nSPS) is 13.2. The maximum Gasteiger partial charge on any atom is 0.144 e. The monoisotopic (exact) mass is 790 g/mol. The number of aromatic nitrogens is 2. The van der Waals surface area contributed by atoms with Crippen LogP contribution in [0.2, 0.25) is 0 Å². The van der Waals surface area contributed by atoms with Gasteiger partial charge in [0.25, 0.3) is 0 Å². The maximum atomic E-state index is 6.67. The summed E-state index contributed by atoms with van der Waals surface area (Å²) >= 11 is 0. The average Bonchev–Trinajstić information content (AvgIpc) is 3.86. The first-order valence-corrected chi connectivity index (χ1v) is 15.0. The van der Waals surface area contributed by atoms with Crippen molar-refractivity contribution in [3.8, 4) is 17.3 Å². The van der Waals surface area contributed by atoms with Crippen LogP contribution in [0.1, 0.15) is 0 Å². The van der Waals surface area contributed by atoms with Gasteiger partial charge in [0.2, 0.25) is 0 Å². The summed E-state index contributed by atoms with van der Waals surface area (Å²) in [6.07, 6.45) is 5.78. The minimum Gasteiger partial charge on any atom is -0.512 e. The van der Waals surface area contributed by atoms with E-state index in [0.717, 1.165) is 66.0 Å². The molecule has 9 aromatic rings. The van der Waals surface area contributed by atoms with Gasteiger partial charge in [-0.15, -0.1) is 35.3 Å². The number of hydrogen-bond acceptors (Lipinski definition) is 6. The number of pyridine rings is 1. The first-order chi connectivity index (χ1) is 22.7. The predicted molar refractivity (Wildman–Crippen MR) is 181 cm³/mol. The Morgan fingerprint density at radius 3 is 2.38 bits per heavy atom. The summed E-state index contributed by atoms with van der Waals surface area (Å²) in [6.45, 7) is 1.99. The SMILES string of the molecule is CN1C=CN(c2[c-]c(Oc3[c-]c4c(cc3)c3ccccc3n4-c3ccccn3)c3oc4ccc5c6ccccc6oc5c4c3c2)[CH-]1.[Pt]. The number of anilines is 1. The zero-order valence-electron chi connectivity index (χ0n) is 24.9. The van der Waals surface area contributed by atoms with Crippen LogP contribution in [0, 0.1) is 18.8 Å². The zero-order valence-corrected chi connectivity index (χ0v) is 27.1. The van der Waals surface area contributed by atoms with Crippen LogP contribution in [-0.2, 0) is 21.1 Å². The summed E-state index contributed by atoms with van der Waals surface area (Å²) in [5.74, 6) is 1.81. The second-order valence-corrected chi connectivity index (χ2v) is 11.5. The molecule has 4 aromatic heterocycles. The van der Waals surface area contributed by atoms with Gasteiger partial charge in [0.15, 0.2) is 0 Å². The Hall–Kier alpha value is -5.52. The molecule has 47 heavy (non-hydrogen) atoms. The molecular formula is C39H23N4O3Pt-3. The molecule has 0 unspecified atom stereocenters. The second-order valence-electron chi connectivity index (χ2n) is 11.5. The molecule has 7 nitrogen and oxygen atoms in total. The van der Waals surface area contributed by atoms with Crippen LogP contribution in [-0.4, -0.2) is 21.5 Å². The van der Waals surface area contributed by atoms with Crippen molar-refractivity contribution in [2.24, 2.45) is 0 Å². The molecule has 10 rings (SSSR count). The molecule has 8 heteroatoms. The van der Waals surface area contributed by atoms with Gasteiger partial charge in [0, 0.05) is 54.7 Å². The van der Waals surface area contributed by atoms with E-state index in [-0.39, 0.29) is 21.1 Å². The summed E-state index contributed by atoms with van der Waals surface area (Å²) in [5.41, 5.74) is 5.65. The van der Waals surface area contributed by atoms with Crippen LogP contribution in [0.15, 0.2) is 124 Å². The van der Waals surface area contributed by atoms with E-state index in [1.807, 2.05) is 96.6 Å². The molecule has 0 fully saturated rings. The van der Waals surface area contributed by atoms with E-state index >= 15 is 0 Å². The fourth-order valence-corrected chi connectivity index (χ4v) is 6.61. The number of hydrogen-bond donors (Lipinski definition) is 0. The number of para-hydroxylation sites is 2. The van der Waals surface area contributed by atoms with E-state index in [0.29, 0.717) is 22.7 Å². The summed E-state index contributed by atoms with van der Waals surface area (Å²) in [4.78, 5) is 8.65. The average molecular weight is 791 g/mol. The molecule has 5 aromatic carbocycles. The molecule has 0 aliphatic carbocycles. The molecule has 230 valence electrons. The Balaban J connectivity index is 0.00000302. The van der Waals surface area contributed by atoms with Crippen molar-refractivity contribution in [2.75, 3.05) is 11.9 Å². The Morgan fingerprint density at radius 2 is 1.53 bits per heavy atom. The van der Waals surface area contributed by atoms with E-state index in [4.69, 9.17) is 13.6 Å². The van der Waals surface area contributed by atoms with Gasteiger partial charge >= 0.3 is 0 Å². The third-order valence-electron chi connectivity index (χ3n) is 8.66. The molecule has 1 aliphatic rings. The fourth-order valence-electron chi connectivity index (χ4n) is 6.61. The molecule has 0 radical (unpaired) electrons. The number of ether oxygens (including phenoxy) is 1. The van der Waals surface area contributed by atoms with Crippen LogP contribution in [0.3, 0.4) is 0 Å². The Labute approximate surface area is 283 Å². The molecule has 0 saturated carbocycles. The predicted octanol–water partition coefficient (Wildman–Crippen LogP) is 9.71. The summed E-state index contributed by atoms with van der Waals surface area (Å²) in [6, 6.07) is 39.5. The molecule has 0 saturated heterocycles. The molecule has 0 bridgehead atoms. The minimum absolute atomic E-state index is 0. The van der Waals surface area contributed by atoms with Crippen LogP contribution in [0.25, 0.3) is 71.5 Å². The van der Waals surface area contributed by atoms with E-state index in [1.54, 1.807) is 6.20 Å². The summed E-state index contributed by atoms with van der Waals surface area (Å²) < 4.78 is 21.7. The van der Waals surface area contributed by atoms with Crippen molar-refractivity contribution in [1.29, 1.82) is 0 Å². The third-order valence-corrected chi connectivity index (χ3v) is 8.66. The molecule has 1 aliphatic heterocycles. The molecule has 0 amide bonds. The van der Waals surface area contributed by atoms with Gasteiger partial charge in [-0.25, -0.2) is 4.98 Å². The molecule has 0 spiro atoms. The molecule has 0 N–H and O–H groups in total. The van der Waals surface area contributed by atoms with Crippen molar-refractivity contribution in [3.63, 3.8) is 0 Å². The number of rotatable bonds is 4. The van der Waals surface area contributed by atoms with Gasteiger partial charge in [-0.1, -0.05) is 53.4 Å². The first-order valence-electron chi connectivity index (χ1n) is 15.0. The molecular weight excluding hydrogens is 768 g/mol. The molecule has 0 atom stereocenters. The second kappa shape index (κ2) is 10.5. The number of benzene rings is 5. The van der Waals surface area contributed by atoms with Crippen molar-refractivity contribution in [3.05, 3.63) is 134 Å². The minimum atomic E-state index is 0. The first kappa shape index (κ1) is 27.8. The van der Waals surface area contributed by atoms with Crippen molar-refractivity contribution < 1.29 is 34.6 Å². The van der Waals surface area contributed by atoms with E-state index < -0.39 is 0 Å². The van der Waals surface area contributed by atoms with Gasteiger partial charge in [-0.2, -0.15) is 12.7 Å². The Bertz CT molecular complexity index is 2690. The van der Waals surface area contributed by atoms with Crippen LogP contribution < -0.4 is 9.64 Å². The number of furan rings is 2. The quantitative estimate of drug-likeness (QED) is 0.166. The van der Waals surface area contributed by atoms with Gasteiger partial charge in [-0.3, -0.25) is 0 Å². The van der Waals surface area contributed by atoms with Crippen LogP contribution in [0.4, 0.5) is 5.69 Å². The summed E-state index contributed by atoms with van der Waals surface area (Å²) in [7, 11) is 1.99. The Morgan fingerprint density at radius 1 is 0.723 bits per heavy atom. The van der Waals surface area contributed by atoms with Gasteiger partial charge in [-0.05, 0) is 61.2 Å². The van der Waals surface area contributed by atoms with Crippen LogP contribution >= 0.6 is 0 Å². The summed E-state index contributed by atoms with van der Waals surface area (Å²) in [5, 5.41) is 6.06. The maximum absolute atomic E-state index is 6.67. The third kappa shape index (κ3) is 4.20. The van der Waals surface area contributed by atoms with Gasteiger partial charge in [0.05, 0.1) is 11.3 Å². The van der Waals surface area contributed by atoms with Crippen molar-refractivity contribution in [2.45, 2.75) is 0 Å². The van der Waals surface area contributed by atoms with Gasteiger partial charge < -0.3 is 27.9 Å². The van der Waals surface area contributed by atoms with E-state index in [2.05, 4.69) is 58.1 Å². The fraction of sp³-hybridized carbons (Fsp3) is 0.0256. The molecule has 5 heterocycles. The van der Waals surface area contributed by atoms with Crippen LogP contribution in [0.5, 0.6) is 11.5 Å². The van der Waals surface area contributed by atoms with E-state index in [1.165, 1.54) is 0 Å². The number of fused-ring (bicyclic) bond motifs is 10. The van der Waals surface area contributed by atoms with Gasteiger partial charge in [0.1, 0.15) is 22.6 Å². The standard InChI is InChI=1S/C39H23N4O3.Pt/c1-41-18-19-42(23-41)24-20-30-37-34(16-15-29-28-9-3-5-11-33(28)45-39(29)37)46-38(30)35(21-24)44-25-13-14-27-26-8-2-4-10-31(26)43(32(27)22-25)36-12-6-7-17-40-36;/h2-20,23H,1H3;/q-3;. The smallest absolute Gasteiger partial charge is 0.144 e. The number of nitrogens with zero attached hydrogens (tertiary/aromatic N) is 4.